The highest BCUT2D eigenvalue weighted by molar-refractivity contribution is 5.72. The molecule has 20 heavy (non-hydrogen) atoms. The van der Waals surface area contributed by atoms with Crippen LogP contribution in [0.4, 0.5) is 0 Å². The molecular formula is C14H18O6. The van der Waals surface area contributed by atoms with Crippen molar-refractivity contribution in [1.29, 1.82) is 0 Å². The van der Waals surface area contributed by atoms with Crippen molar-refractivity contribution < 1.29 is 29.3 Å². The van der Waals surface area contributed by atoms with Crippen LogP contribution in [0.1, 0.15) is 31.1 Å². The summed E-state index contributed by atoms with van der Waals surface area (Å²) in [5, 5.41) is 19.8. The summed E-state index contributed by atoms with van der Waals surface area (Å²) in [6.07, 6.45) is -1.09. The highest BCUT2D eigenvalue weighted by Crippen LogP contribution is 2.28. The predicted octanol–water partition coefficient (Wildman–Crippen LogP) is 1.30. The van der Waals surface area contributed by atoms with E-state index in [1.807, 2.05) is 0 Å². The smallest absolute Gasteiger partial charge is 0.311 e. The second kappa shape index (κ2) is 6.91. The highest BCUT2D eigenvalue weighted by Gasteiger charge is 2.24. The quantitative estimate of drug-likeness (QED) is 0.791. The summed E-state index contributed by atoms with van der Waals surface area (Å²) in [5.74, 6) is -1.85. The zero-order valence-electron chi connectivity index (χ0n) is 11.6. The summed E-state index contributed by atoms with van der Waals surface area (Å²) in [6.45, 7) is 2.75. The Morgan fingerprint density at radius 3 is 2.50 bits per heavy atom. The molecule has 1 aromatic rings. The van der Waals surface area contributed by atoms with Gasteiger partial charge in [0, 0.05) is 12.5 Å². The number of rotatable bonds is 5. The first-order valence-corrected chi connectivity index (χ1v) is 6.07. The normalized spacial score (nSPS) is 13.4. The van der Waals surface area contributed by atoms with Gasteiger partial charge in [-0.05, 0) is 18.6 Å². The first-order chi connectivity index (χ1) is 9.36. The van der Waals surface area contributed by atoms with E-state index >= 15 is 0 Å². The largest absolute Gasteiger partial charge is 0.508 e. The lowest BCUT2D eigenvalue weighted by Gasteiger charge is -2.17. The van der Waals surface area contributed by atoms with E-state index < -0.39 is 24.0 Å². The molecule has 0 bridgehead atoms. The van der Waals surface area contributed by atoms with Crippen molar-refractivity contribution in [2.75, 3.05) is 7.11 Å². The molecule has 0 aliphatic heterocycles. The standard InChI is InChI=1S/C14H18O6/c1-8(14(18)19-3)13(17)10-4-5-11(12(16)6-10)7-20-9(2)15/h4-6,8,13,16-17H,7H2,1-3H3/t8?,13-/m1/s1. The van der Waals surface area contributed by atoms with Crippen molar-refractivity contribution in [2.45, 2.75) is 26.6 Å². The van der Waals surface area contributed by atoms with Gasteiger partial charge in [-0.15, -0.1) is 0 Å². The van der Waals surface area contributed by atoms with Gasteiger partial charge in [-0.1, -0.05) is 12.1 Å². The third-order valence-electron chi connectivity index (χ3n) is 2.93. The fourth-order valence-corrected chi connectivity index (χ4v) is 1.67. The van der Waals surface area contributed by atoms with Crippen molar-refractivity contribution in [1.82, 2.24) is 0 Å². The topological polar surface area (TPSA) is 93.1 Å². The molecule has 0 saturated carbocycles. The van der Waals surface area contributed by atoms with Gasteiger partial charge in [0.2, 0.25) is 0 Å². The summed E-state index contributed by atoms with van der Waals surface area (Å²) in [6, 6.07) is 4.42. The molecule has 0 fully saturated rings. The molecule has 110 valence electrons. The fourth-order valence-electron chi connectivity index (χ4n) is 1.67. The SMILES string of the molecule is COC(=O)C(C)[C@@H](O)c1ccc(COC(C)=O)c(O)c1. The van der Waals surface area contributed by atoms with Crippen molar-refractivity contribution in [3.05, 3.63) is 29.3 Å². The Bertz CT molecular complexity index is 496. The molecule has 0 aliphatic carbocycles. The van der Waals surface area contributed by atoms with E-state index in [2.05, 4.69) is 4.74 Å². The van der Waals surface area contributed by atoms with Crippen molar-refractivity contribution in [3.63, 3.8) is 0 Å². The molecule has 6 heteroatoms. The zero-order valence-corrected chi connectivity index (χ0v) is 11.6. The average Bonchev–Trinajstić information content (AvgIpc) is 2.43. The number of phenols is 1. The molecule has 0 aromatic heterocycles. The Balaban J connectivity index is 2.85. The molecule has 0 saturated heterocycles. The van der Waals surface area contributed by atoms with Gasteiger partial charge in [-0.3, -0.25) is 9.59 Å². The molecule has 2 atom stereocenters. The number of aromatic hydroxyl groups is 1. The average molecular weight is 282 g/mol. The van der Waals surface area contributed by atoms with Crippen LogP contribution in [-0.2, 0) is 25.7 Å². The minimum Gasteiger partial charge on any atom is -0.508 e. The van der Waals surface area contributed by atoms with Gasteiger partial charge in [0.1, 0.15) is 12.4 Å². The van der Waals surface area contributed by atoms with Crippen LogP contribution in [0, 0.1) is 5.92 Å². The van der Waals surface area contributed by atoms with E-state index in [0.29, 0.717) is 11.1 Å². The number of carbonyl (C=O) groups excluding carboxylic acids is 2. The number of hydrogen-bond donors (Lipinski definition) is 2. The summed E-state index contributed by atoms with van der Waals surface area (Å²) >= 11 is 0. The molecule has 1 aromatic carbocycles. The minimum atomic E-state index is -1.09. The van der Waals surface area contributed by atoms with E-state index in [1.165, 1.54) is 33.1 Å². The molecule has 0 spiro atoms. The Hall–Kier alpha value is -2.08. The number of phenolic OH excluding ortho intramolecular Hbond substituents is 1. The molecular weight excluding hydrogens is 264 g/mol. The Morgan fingerprint density at radius 1 is 1.35 bits per heavy atom. The van der Waals surface area contributed by atoms with Crippen molar-refractivity contribution >= 4 is 11.9 Å². The second-order valence-electron chi connectivity index (χ2n) is 4.43. The lowest BCUT2D eigenvalue weighted by molar-refractivity contribution is -0.148. The molecule has 1 unspecified atom stereocenters. The number of aliphatic hydroxyl groups excluding tert-OH is 1. The number of hydrogen-bond acceptors (Lipinski definition) is 6. The number of ether oxygens (including phenoxy) is 2. The first-order valence-electron chi connectivity index (χ1n) is 6.07. The minimum absolute atomic E-state index is 0.0515. The molecule has 1 rings (SSSR count). The number of benzene rings is 1. The molecule has 0 aliphatic rings. The molecule has 2 N–H and O–H groups in total. The summed E-state index contributed by atoms with van der Waals surface area (Å²) < 4.78 is 9.33. The van der Waals surface area contributed by atoms with E-state index in [-0.39, 0.29) is 12.4 Å². The number of methoxy groups -OCH3 is 1. The highest BCUT2D eigenvalue weighted by atomic mass is 16.5. The van der Waals surface area contributed by atoms with Gasteiger partial charge in [0.15, 0.2) is 0 Å². The Labute approximate surface area is 116 Å². The molecule has 0 heterocycles. The fraction of sp³-hybridized carbons (Fsp3) is 0.429. The van der Waals surface area contributed by atoms with Crippen LogP contribution in [0.3, 0.4) is 0 Å². The lowest BCUT2D eigenvalue weighted by atomic mass is 9.96. The summed E-state index contributed by atoms with van der Waals surface area (Å²) in [7, 11) is 1.24. The van der Waals surface area contributed by atoms with E-state index in [1.54, 1.807) is 6.07 Å². The molecule has 0 radical (unpaired) electrons. The van der Waals surface area contributed by atoms with Crippen LogP contribution in [0.2, 0.25) is 0 Å². The van der Waals surface area contributed by atoms with E-state index in [9.17, 15) is 19.8 Å². The summed E-state index contributed by atoms with van der Waals surface area (Å²) in [4.78, 5) is 22.1. The van der Waals surface area contributed by atoms with Crippen LogP contribution < -0.4 is 0 Å². The molecule has 6 nitrogen and oxygen atoms in total. The maximum absolute atomic E-state index is 11.4. The van der Waals surface area contributed by atoms with Crippen LogP contribution in [0.5, 0.6) is 5.75 Å². The molecule has 0 amide bonds. The zero-order chi connectivity index (χ0) is 15.3. The second-order valence-corrected chi connectivity index (χ2v) is 4.43. The van der Waals surface area contributed by atoms with Gasteiger partial charge in [0.25, 0.3) is 0 Å². The van der Waals surface area contributed by atoms with Crippen LogP contribution >= 0.6 is 0 Å². The first kappa shape index (κ1) is 16.0. The maximum Gasteiger partial charge on any atom is 0.311 e. The maximum atomic E-state index is 11.4. The summed E-state index contributed by atoms with van der Waals surface area (Å²) in [5.41, 5.74) is 0.800. The van der Waals surface area contributed by atoms with E-state index in [0.717, 1.165) is 0 Å². The third kappa shape index (κ3) is 3.96. The van der Waals surface area contributed by atoms with Crippen molar-refractivity contribution in [2.24, 2.45) is 5.92 Å². The number of esters is 2. The number of aliphatic hydroxyl groups is 1. The van der Waals surface area contributed by atoms with Gasteiger partial charge in [-0.2, -0.15) is 0 Å². The Morgan fingerprint density at radius 2 is 2.00 bits per heavy atom. The monoisotopic (exact) mass is 282 g/mol. The third-order valence-corrected chi connectivity index (χ3v) is 2.93. The predicted molar refractivity (Wildman–Crippen MR) is 69.7 cm³/mol. The van der Waals surface area contributed by atoms with Gasteiger partial charge >= 0.3 is 11.9 Å². The Kier molecular flexibility index (Phi) is 5.52. The van der Waals surface area contributed by atoms with Crippen LogP contribution in [0.15, 0.2) is 18.2 Å². The van der Waals surface area contributed by atoms with Crippen LogP contribution in [-0.4, -0.2) is 29.3 Å². The van der Waals surface area contributed by atoms with Crippen molar-refractivity contribution in [3.8, 4) is 5.75 Å². The van der Waals surface area contributed by atoms with Gasteiger partial charge < -0.3 is 19.7 Å². The van der Waals surface area contributed by atoms with Crippen LogP contribution in [0.25, 0.3) is 0 Å². The van der Waals surface area contributed by atoms with Gasteiger partial charge in [0.05, 0.1) is 19.1 Å². The lowest BCUT2D eigenvalue weighted by Crippen LogP contribution is -2.20. The van der Waals surface area contributed by atoms with Gasteiger partial charge in [-0.25, -0.2) is 0 Å². The number of carbonyl (C=O) groups is 2. The van der Waals surface area contributed by atoms with E-state index in [4.69, 9.17) is 4.74 Å².